The standard InChI is InChI=1S/C13H16N2O3/c1-13(2,7-14)12(17)8-3-4-10-9(5-8)15-11(16)6-18-10/h3-5H,6-7,14H2,1-2H3,(H,15,16). The minimum atomic E-state index is -0.617. The summed E-state index contributed by atoms with van der Waals surface area (Å²) in [6.45, 7) is 3.87. The summed E-state index contributed by atoms with van der Waals surface area (Å²) >= 11 is 0. The number of carbonyl (C=O) groups excluding carboxylic acids is 2. The highest BCUT2D eigenvalue weighted by molar-refractivity contribution is 6.03. The van der Waals surface area contributed by atoms with Gasteiger partial charge in [-0.1, -0.05) is 13.8 Å². The molecular weight excluding hydrogens is 232 g/mol. The van der Waals surface area contributed by atoms with E-state index in [0.29, 0.717) is 17.0 Å². The average molecular weight is 248 g/mol. The van der Waals surface area contributed by atoms with Crippen molar-refractivity contribution in [3.05, 3.63) is 23.8 Å². The number of rotatable bonds is 3. The Morgan fingerprint density at radius 1 is 1.50 bits per heavy atom. The number of carbonyl (C=O) groups is 2. The molecule has 0 radical (unpaired) electrons. The van der Waals surface area contributed by atoms with Gasteiger partial charge >= 0.3 is 0 Å². The van der Waals surface area contributed by atoms with Gasteiger partial charge in [0, 0.05) is 17.5 Å². The Morgan fingerprint density at radius 2 is 2.22 bits per heavy atom. The number of ketones is 1. The van der Waals surface area contributed by atoms with Crippen molar-refractivity contribution in [1.82, 2.24) is 0 Å². The predicted octanol–water partition coefficient (Wildman–Crippen LogP) is 1.19. The molecule has 5 heteroatoms. The maximum atomic E-state index is 12.2. The third kappa shape index (κ3) is 2.22. The monoisotopic (exact) mass is 248 g/mol. The lowest BCUT2D eigenvalue weighted by Crippen LogP contribution is -2.33. The molecule has 2 rings (SSSR count). The van der Waals surface area contributed by atoms with Crippen LogP contribution in [0.3, 0.4) is 0 Å². The summed E-state index contributed by atoms with van der Waals surface area (Å²) in [5.74, 6) is 0.314. The van der Waals surface area contributed by atoms with Crippen LogP contribution < -0.4 is 15.8 Å². The molecule has 0 atom stereocenters. The number of nitrogens with two attached hydrogens (primary N) is 1. The van der Waals surface area contributed by atoms with Gasteiger partial charge in [-0.05, 0) is 18.2 Å². The quantitative estimate of drug-likeness (QED) is 0.787. The number of hydrogen-bond acceptors (Lipinski definition) is 4. The summed E-state index contributed by atoms with van der Waals surface area (Å²) in [6.07, 6.45) is 0. The minimum absolute atomic E-state index is 0.00852. The first-order valence-electron chi connectivity index (χ1n) is 5.75. The average Bonchev–Trinajstić information content (AvgIpc) is 2.36. The second-order valence-electron chi connectivity index (χ2n) is 4.96. The smallest absolute Gasteiger partial charge is 0.262 e. The number of benzene rings is 1. The summed E-state index contributed by atoms with van der Waals surface area (Å²) in [5, 5.41) is 2.68. The van der Waals surface area contributed by atoms with Crippen molar-refractivity contribution in [2.75, 3.05) is 18.5 Å². The largest absolute Gasteiger partial charge is 0.482 e. The number of hydrogen-bond donors (Lipinski definition) is 2. The van der Waals surface area contributed by atoms with E-state index in [1.165, 1.54) is 0 Å². The van der Waals surface area contributed by atoms with Crippen molar-refractivity contribution in [3.63, 3.8) is 0 Å². The number of fused-ring (bicyclic) bond motifs is 1. The first-order valence-corrected chi connectivity index (χ1v) is 5.75. The number of ether oxygens (including phenoxy) is 1. The fraction of sp³-hybridized carbons (Fsp3) is 0.385. The molecule has 0 saturated heterocycles. The van der Waals surface area contributed by atoms with Crippen LogP contribution >= 0.6 is 0 Å². The van der Waals surface area contributed by atoms with Crippen molar-refractivity contribution in [1.29, 1.82) is 0 Å². The van der Waals surface area contributed by atoms with E-state index in [4.69, 9.17) is 10.5 Å². The molecule has 0 fully saturated rings. The van der Waals surface area contributed by atoms with Gasteiger partial charge in [-0.3, -0.25) is 9.59 Å². The van der Waals surface area contributed by atoms with Crippen LogP contribution in [0.1, 0.15) is 24.2 Å². The van der Waals surface area contributed by atoms with E-state index in [-0.39, 0.29) is 24.8 Å². The zero-order valence-electron chi connectivity index (χ0n) is 10.4. The van der Waals surface area contributed by atoms with Gasteiger partial charge in [0.1, 0.15) is 5.75 Å². The molecule has 96 valence electrons. The fourth-order valence-corrected chi connectivity index (χ4v) is 1.71. The Morgan fingerprint density at radius 3 is 2.89 bits per heavy atom. The molecule has 5 nitrogen and oxygen atoms in total. The van der Waals surface area contributed by atoms with Gasteiger partial charge in [-0.2, -0.15) is 0 Å². The zero-order chi connectivity index (χ0) is 13.3. The Hall–Kier alpha value is -1.88. The van der Waals surface area contributed by atoms with Gasteiger partial charge in [0.15, 0.2) is 12.4 Å². The molecule has 0 unspecified atom stereocenters. The van der Waals surface area contributed by atoms with Gasteiger partial charge in [0.2, 0.25) is 0 Å². The van der Waals surface area contributed by atoms with E-state index in [2.05, 4.69) is 5.32 Å². The normalized spacial score (nSPS) is 14.5. The van der Waals surface area contributed by atoms with Crippen LogP contribution in [0.25, 0.3) is 0 Å². The maximum Gasteiger partial charge on any atom is 0.262 e. The van der Waals surface area contributed by atoms with E-state index in [9.17, 15) is 9.59 Å². The van der Waals surface area contributed by atoms with Crippen molar-refractivity contribution < 1.29 is 14.3 Å². The van der Waals surface area contributed by atoms with E-state index in [0.717, 1.165) is 0 Å². The van der Waals surface area contributed by atoms with Gasteiger partial charge < -0.3 is 15.8 Å². The molecule has 1 heterocycles. The van der Waals surface area contributed by atoms with Crippen LogP contribution in [0.4, 0.5) is 5.69 Å². The van der Waals surface area contributed by atoms with Gasteiger partial charge in [0.25, 0.3) is 5.91 Å². The molecule has 18 heavy (non-hydrogen) atoms. The first kappa shape index (κ1) is 12.6. The highest BCUT2D eigenvalue weighted by atomic mass is 16.5. The lowest BCUT2D eigenvalue weighted by atomic mass is 9.84. The Bertz CT molecular complexity index is 509. The van der Waals surface area contributed by atoms with Crippen molar-refractivity contribution in [3.8, 4) is 5.75 Å². The third-order valence-corrected chi connectivity index (χ3v) is 3.00. The fourth-order valence-electron chi connectivity index (χ4n) is 1.71. The molecule has 0 bridgehead atoms. The molecule has 1 amide bonds. The number of anilines is 1. The summed E-state index contributed by atoms with van der Waals surface area (Å²) in [4.78, 5) is 23.5. The van der Waals surface area contributed by atoms with Crippen molar-refractivity contribution in [2.45, 2.75) is 13.8 Å². The second kappa shape index (κ2) is 4.42. The summed E-state index contributed by atoms with van der Waals surface area (Å²) in [5.41, 5.74) is 6.03. The summed E-state index contributed by atoms with van der Waals surface area (Å²) < 4.78 is 5.23. The van der Waals surface area contributed by atoms with Crippen molar-refractivity contribution in [2.24, 2.45) is 11.1 Å². The minimum Gasteiger partial charge on any atom is -0.482 e. The Kier molecular flexibility index (Phi) is 3.09. The van der Waals surface area contributed by atoms with Crippen LogP contribution in [0.5, 0.6) is 5.75 Å². The highest BCUT2D eigenvalue weighted by Gasteiger charge is 2.28. The Labute approximate surface area is 105 Å². The Balaban J connectivity index is 2.34. The van der Waals surface area contributed by atoms with Gasteiger partial charge in [-0.25, -0.2) is 0 Å². The second-order valence-corrected chi connectivity index (χ2v) is 4.96. The van der Waals surface area contributed by atoms with Gasteiger partial charge in [-0.15, -0.1) is 0 Å². The number of amides is 1. The molecular formula is C13H16N2O3. The van der Waals surface area contributed by atoms with Crippen LogP contribution in [0.2, 0.25) is 0 Å². The van der Waals surface area contributed by atoms with Crippen LogP contribution in [-0.4, -0.2) is 24.8 Å². The first-order chi connectivity index (χ1) is 8.44. The van der Waals surface area contributed by atoms with E-state index in [1.807, 2.05) is 0 Å². The van der Waals surface area contributed by atoms with E-state index >= 15 is 0 Å². The summed E-state index contributed by atoms with van der Waals surface area (Å²) in [6, 6.07) is 5.01. The molecule has 1 aliphatic rings. The lowest BCUT2D eigenvalue weighted by molar-refractivity contribution is -0.118. The van der Waals surface area contributed by atoms with Gasteiger partial charge in [0.05, 0.1) is 5.69 Å². The molecule has 0 spiro atoms. The van der Waals surface area contributed by atoms with Crippen LogP contribution in [0, 0.1) is 5.41 Å². The van der Waals surface area contributed by atoms with Crippen LogP contribution in [0.15, 0.2) is 18.2 Å². The number of Topliss-reactive ketones (excluding diaryl/α,β-unsaturated/α-hetero) is 1. The predicted molar refractivity (Wildman–Crippen MR) is 67.7 cm³/mol. The van der Waals surface area contributed by atoms with Crippen molar-refractivity contribution >= 4 is 17.4 Å². The molecule has 1 aliphatic heterocycles. The SMILES string of the molecule is CC(C)(CN)C(=O)c1ccc2c(c1)NC(=O)CO2. The molecule has 0 aliphatic carbocycles. The highest BCUT2D eigenvalue weighted by Crippen LogP contribution is 2.30. The maximum absolute atomic E-state index is 12.2. The molecule has 0 aromatic heterocycles. The third-order valence-electron chi connectivity index (χ3n) is 3.00. The van der Waals surface area contributed by atoms with E-state index < -0.39 is 5.41 Å². The topological polar surface area (TPSA) is 81.4 Å². The molecule has 1 aromatic carbocycles. The molecule has 0 saturated carbocycles. The lowest BCUT2D eigenvalue weighted by Gasteiger charge is -2.23. The zero-order valence-corrected chi connectivity index (χ0v) is 10.4. The molecule has 3 N–H and O–H groups in total. The number of nitrogens with one attached hydrogen (secondary N) is 1. The van der Waals surface area contributed by atoms with E-state index in [1.54, 1.807) is 32.0 Å². The molecule has 1 aromatic rings. The summed E-state index contributed by atoms with van der Waals surface area (Å²) in [7, 11) is 0. The van der Waals surface area contributed by atoms with Crippen LogP contribution in [-0.2, 0) is 4.79 Å².